The van der Waals surface area contributed by atoms with Gasteiger partial charge in [-0.05, 0) is 42.5 Å². The van der Waals surface area contributed by atoms with Gasteiger partial charge < -0.3 is 5.73 Å². The average Bonchev–Trinajstić information content (AvgIpc) is 2.33. The Morgan fingerprint density at radius 1 is 1.05 bits per heavy atom. The van der Waals surface area contributed by atoms with Crippen LogP contribution in [0.4, 0.5) is 5.69 Å². The summed E-state index contributed by atoms with van der Waals surface area (Å²) >= 11 is 4.67. The Bertz CT molecular complexity index is 700. The van der Waals surface area contributed by atoms with Gasteiger partial charge >= 0.3 is 0 Å². The highest BCUT2D eigenvalue weighted by Gasteiger charge is 2.15. The molecular weight excluding hydrogens is 348 g/mol. The van der Waals surface area contributed by atoms with Crippen LogP contribution in [0.5, 0.6) is 0 Å². The van der Waals surface area contributed by atoms with Crippen molar-refractivity contribution in [2.24, 2.45) is 5.14 Å². The fourth-order valence-corrected chi connectivity index (χ4v) is 3.67. The van der Waals surface area contributed by atoms with Crippen LogP contribution < -0.4 is 10.9 Å². The van der Waals surface area contributed by atoms with Crippen molar-refractivity contribution < 1.29 is 8.42 Å². The van der Waals surface area contributed by atoms with Gasteiger partial charge in [0.25, 0.3) is 0 Å². The topological polar surface area (TPSA) is 86.2 Å². The molecular formula is C12H11BrN2O2S2. The minimum Gasteiger partial charge on any atom is -0.399 e. The molecule has 0 fully saturated rings. The molecule has 0 saturated carbocycles. The first-order valence-corrected chi connectivity index (χ1v) is 8.37. The second-order valence-corrected chi connectivity index (χ2v) is 7.37. The zero-order valence-corrected chi connectivity index (χ0v) is 12.9. The van der Waals surface area contributed by atoms with Crippen LogP contribution in [0, 0.1) is 0 Å². The van der Waals surface area contributed by atoms with Crippen molar-refractivity contribution in [2.45, 2.75) is 14.7 Å². The van der Waals surface area contributed by atoms with Crippen LogP contribution in [-0.2, 0) is 10.0 Å². The normalized spacial score (nSPS) is 11.5. The van der Waals surface area contributed by atoms with E-state index in [4.69, 9.17) is 10.9 Å². The highest BCUT2D eigenvalue weighted by atomic mass is 79.9. The van der Waals surface area contributed by atoms with Gasteiger partial charge in [-0.15, -0.1) is 0 Å². The number of primary sulfonamides is 1. The molecule has 0 bridgehead atoms. The molecule has 7 heteroatoms. The Labute approximate surface area is 124 Å². The first-order chi connectivity index (χ1) is 8.86. The number of rotatable bonds is 3. The molecule has 2 aromatic rings. The summed E-state index contributed by atoms with van der Waals surface area (Å²) in [6, 6.07) is 12.2. The first kappa shape index (κ1) is 14.4. The zero-order chi connectivity index (χ0) is 14.0. The number of anilines is 1. The maximum absolute atomic E-state index is 11.6. The van der Waals surface area contributed by atoms with Crippen molar-refractivity contribution in [3.63, 3.8) is 0 Å². The summed E-state index contributed by atoms with van der Waals surface area (Å²) < 4.78 is 24.1. The number of hydrogen-bond acceptors (Lipinski definition) is 4. The lowest BCUT2D eigenvalue weighted by atomic mass is 10.3. The molecule has 0 aliphatic heterocycles. The molecule has 0 aliphatic carbocycles. The maximum Gasteiger partial charge on any atom is 0.239 e. The van der Waals surface area contributed by atoms with Crippen LogP contribution in [0.25, 0.3) is 0 Å². The summed E-state index contributed by atoms with van der Waals surface area (Å²) in [7, 11) is -3.79. The Hall–Kier alpha value is -1.02. The van der Waals surface area contributed by atoms with Crippen molar-refractivity contribution >= 4 is 43.4 Å². The van der Waals surface area contributed by atoms with E-state index in [1.165, 1.54) is 17.8 Å². The van der Waals surface area contributed by atoms with Crippen LogP contribution in [0.1, 0.15) is 0 Å². The summed E-state index contributed by atoms with van der Waals surface area (Å²) in [4.78, 5) is 1.51. The van der Waals surface area contributed by atoms with Crippen LogP contribution in [-0.4, -0.2) is 8.42 Å². The predicted octanol–water partition coefficient (Wildman–Crippen LogP) is 2.83. The molecule has 2 aromatic carbocycles. The SMILES string of the molecule is Nc1ccc(Sc2ccc(Br)cc2)c(S(N)(=O)=O)c1. The lowest BCUT2D eigenvalue weighted by Gasteiger charge is -2.08. The molecule has 0 heterocycles. The second kappa shape index (κ2) is 5.54. The third-order valence-electron chi connectivity index (χ3n) is 2.32. The molecule has 0 spiro atoms. The monoisotopic (exact) mass is 358 g/mol. The predicted molar refractivity (Wildman–Crippen MR) is 80.5 cm³/mol. The smallest absolute Gasteiger partial charge is 0.239 e. The van der Waals surface area contributed by atoms with Crippen molar-refractivity contribution in [3.8, 4) is 0 Å². The molecule has 100 valence electrons. The zero-order valence-electron chi connectivity index (χ0n) is 9.71. The van der Waals surface area contributed by atoms with E-state index in [1.54, 1.807) is 12.1 Å². The van der Waals surface area contributed by atoms with E-state index in [2.05, 4.69) is 15.9 Å². The van der Waals surface area contributed by atoms with E-state index < -0.39 is 10.0 Å². The third kappa shape index (κ3) is 3.73. The standard InChI is InChI=1S/C12H11BrN2O2S2/c13-8-1-4-10(5-2-8)18-11-6-3-9(14)7-12(11)19(15,16)17/h1-7H,14H2,(H2,15,16,17). The fourth-order valence-electron chi connectivity index (χ4n) is 1.46. The van der Waals surface area contributed by atoms with Crippen LogP contribution in [0.3, 0.4) is 0 Å². The van der Waals surface area contributed by atoms with Gasteiger partial charge in [-0.25, -0.2) is 13.6 Å². The largest absolute Gasteiger partial charge is 0.399 e. The van der Waals surface area contributed by atoms with Gasteiger partial charge in [0, 0.05) is 20.0 Å². The molecule has 2 rings (SSSR count). The summed E-state index contributed by atoms with van der Waals surface area (Å²) in [5, 5.41) is 5.20. The average molecular weight is 359 g/mol. The molecule has 4 N–H and O–H groups in total. The number of halogens is 1. The van der Waals surface area contributed by atoms with E-state index in [1.807, 2.05) is 24.3 Å². The van der Waals surface area contributed by atoms with Crippen LogP contribution in [0.2, 0.25) is 0 Å². The molecule has 0 aliphatic rings. The summed E-state index contributed by atoms with van der Waals surface area (Å²) in [6.45, 7) is 0. The van der Waals surface area contributed by atoms with Gasteiger partial charge in [-0.2, -0.15) is 0 Å². The minimum atomic E-state index is -3.79. The van der Waals surface area contributed by atoms with Gasteiger partial charge in [-0.1, -0.05) is 27.7 Å². The van der Waals surface area contributed by atoms with Gasteiger partial charge in [0.1, 0.15) is 0 Å². The summed E-state index contributed by atoms with van der Waals surface area (Å²) in [5.74, 6) is 0. The Morgan fingerprint density at radius 3 is 2.26 bits per heavy atom. The quantitative estimate of drug-likeness (QED) is 0.825. The lowest BCUT2D eigenvalue weighted by molar-refractivity contribution is 0.596. The van der Waals surface area contributed by atoms with Gasteiger partial charge in [-0.3, -0.25) is 0 Å². The Morgan fingerprint density at radius 2 is 1.68 bits per heavy atom. The van der Waals surface area contributed by atoms with Crippen LogP contribution >= 0.6 is 27.7 Å². The molecule has 0 saturated heterocycles. The molecule has 0 atom stereocenters. The van der Waals surface area contributed by atoms with E-state index in [0.717, 1.165) is 9.37 Å². The van der Waals surface area contributed by atoms with Gasteiger partial charge in [0.05, 0.1) is 4.90 Å². The van der Waals surface area contributed by atoms with Crippen molar-refractivity contribution in [1.82, 2.24) is 0 Å². The van der Waals surface area contributed by atoms with E-state index >= 15 is 0 Å². The second-order valence-electron chi connectivity index (χ2n) is 3.81. The van der Waals surface area contributed by atoms with Crippen molar-refractivity contribution in [1.29, 1.82) is 0 Å². The molecule has 0 aromatic heterocycles. The summed E-state index contributed by atoms with van der Waals surface area (Å²) in [5.41, 5.74) is 5.97. The maximum atomic E-state index is 11.6. The summed E-state index contributed by atoms with van der Waals surface area (Å²) in [6.07, 6.45) is 0. The van der Waals surface area contributed by atoms with E-state index in [9.17, 15) is 8.42 Å². The highest BCUT2D eigenvalue weighted by molar-refractivity contribution is 9.10. The molecule has 0 unspecified atom stereocenters. The van der Waals surface area contributed by atoms with Crippen molar-refractivity contribution in [2.75, 3.05) is 5.73 Å². The van der Waals surface area contributed by atoms with Crippen LogP contribution in [0.15, 0.2) is 61.6 Å². The highest BCUT2D eigenvalue weighted by Crippen LogP contribution is 2.33. The molecule has 4 nitrogen and oxygen atoms in total. The Kier molecular flexibility index (Phi) is 4.19. The number of benzene rings is 2. The third-order valence-corrected chi connectivity index (χ3v) is 5.01. The number of hydrogen-bond donors (Lipinski definition) is 2. The van der Waals surface area contributed by atoms with Gasteiger partial charge in [0.2, 0.25) is 10.0 Å². The minimum absolute atomic E-state index is 0.0421. The lowest BCUT2D eigenvalue weighted by Crippen LogP contribution is -2.13. The van der Waals surface area contributed by atoms with Gasteiger partial charge in [0.15, 0.2) is 0 Å². The van der Waals surface area contributed by atoms with Crippen molar-refractivity contribution in [3.05, 3.63) is 46.9 Å². The molecule has 19 heavy (non-hydrogen) atoms. The number of nitrogens with two attached hydrogens (primary N) is 2. The first-order valence-electron chi connectivity index (χ1n) is 5.22. The number of nitrogen functional groups attached to an aromatic ring is 1. The molecule has 0 radical (unpaired) electrons. The number of sulfonamides is 1. The Balaban J connectivity index is 2.43. The molecule has 0 amide bonds. The van der Waals surface area contributed by atoms with E-state index in [-0.39, 0.29) is 4.90 Å². The fraction of sp³-hybridized carbons (Fsp3) is 0. The van der Waals surface area contributed by atoms with E-state index in [0.29, 0.717) is 10.6 Å².